The number of nitrogens with one attached hydrogen (secondary N) is 1. The second kappa shape index (κ2) is 9.59. The van der Waals surface area contributed by atoms with E-state index in [1.807, 2.05) is 86.0 Å². The van der Waals surface area contributed by atoms with Gasteiger partial charge in [-0.3, -0.25) is 9.36 Å². The molecule has 1 heterocycles. The summed E-state index contributed by atoms with van der Waals surface area (Å²) in [6.07, 6.45) is 0. The van der Waals surface area contributed by atoms with E-state index in [0.29, 0.717) is 16.0 Å². The van der Waals surface area contributed by atoms with Crippen molar-refractivity contribution in [3.05, 3.63) is 88.4 Å². The van der Waals surface area contributed by atoms with E-state index in [1.54, 1.807) is 0 Å². The van der Waals surface area contributed by atoms with E-state index in [-0.39, 0.29) is 11.7 Å². The Morgan fingerprint density at radius 3 is 2.34 bits per heavy atom. The van der Waals surface area contributed by atoms with Crippen LogP contribution in [0.25, 0.3) is 17.1 Å². The van der Waals surface area contributed by atoms with E-state index >= 15 is 0 Å². The molecule has 0 unspecified atom stereocenters. The highest BCUT2D eigenvalue weighted by molar-refractivity contribution is 7.99. The van der Waals surface area contributed by atoms with Gasteiger partial charge in [0.1, 0.15) is 0 Å². The van der Waals surface area contributed by atoms with Crippen LogP contribution in [0.1, 0.15) is 16.7 Å². The smallest absolute Gasteiger partial charge is 0.234 e. The lowest BCUT2D eigenvalue weighted by molar-refractivity contribution is -0.113. The van der Waals surface area contributed by atoms with Crippen LogP contribution in [0.15, 0.2) is 71.9 Å². The van der Waals surface area contributed by atoms with Crippen LogP contribution in [-0.2, 0) is 4.79 Å². The number of benzene rings is 3. The molecule has 0 saturated heterocycles. The number of carbonyl (C=O) groups excluding carboxylic acids is 1. The Hall–Kier alpha value is -3.09. The Balaban J connectivity index is 1.62. The molecule has 0 aliphatic carbocycles. The lowest BCUT2D eigenvalue weighted by Crippen LogP contribution is -2.16. The Kier molecular flexibility index (Phi) is 6.63. The van der Waals surface area contributed by atoms with E-state index in [1.165, 1.54) is 11.8 Å². The van der Waals surface area contributed by atoms with Gasteiger partial charge in [0.15, 0.2) is 11.0 Å². The van der Waals surface area contributed by atoms with Crippen molar-refractivity contribution in [2.45, 2.75) is 25.9 Å². The Morgan fingerprint density at radius 2 is 1.66 bits per heavy atom. The van der Waals surface area contributed by atoms with E-state index < -0.39 is 0 Å². The van der Waals surface area contributed by atoms with Crippen LogP contribution < -0.4 is 5.32 Å². The normalized spacial score (nSPS) is 10.9. The molecule has 4 rings (SSSR count). The summed E-state index contributed by atoms with van der Waals surface area (Å²) >= 11 is 7.42. The molecule has 0 fully saturated rings. The zero-order valence-corrected chi connectivity index (χ0v) is 19.7. The highest BCUT2D eigenvalue weighted by Gasteiger charge is 2.18. The highest BCUT2D eigenvalue weighted by atomic mass is 35.5. The molecule has 7 heteroatoms. The summed E-state index contributed by atoms with van der Waals surface area (Å²) in [7, 11) is 0. The molecule has 32 heavy (non-hydrogen) atoms. The van der Waals surface area contributed by atoms with Crippen molar-refractivity contribution in [3.63, 3.8) is 0 Å². The standard InChI is InChI=1S/C25H23ClN4OS/c1-16-6-4-9-21(14-16)30-24(19-10-12-20(26)13-11-19)28-29-25(30)32-15-22(31)27-23-17(2)7-5-8-18(23)3/h4-14H,15H2,1-3H3,(H,27,31). The summed E-state index contributed by atoms with van der Waals surface area (Å²) in [5.41, 5.74) is 5.91. The minimum absolute atomic E-state index is 0.0840. The lowest BCUT2D eigenvalue weighted by Gasteiger charge is -2.13. The van der Waals surface area contributed by atoms with Gasteiger partial charge in [-0.15, -0.1) is 10.2 Å². The van der Waals surface area contributed by atoms with Crippen molar-refractivity contribution in [3.8, 4) is 17.1 Å². The minimum Gasteiger partial charge on any atom is -0.325 e. The number of hydrogen-bond acceptors (Lipinski definition) is 4. The summed E-state index contributed by atoms with van der Waals surface area (Å²) in [5, 5.41) is 13.2. The SMILES string of the molecule is Cc1cccc(-n2c(SCC(=O)Nc3c(C)cccc3C)nnc2-c2ccc(Cl)cc2)c1. The fraction of sp³-hybridized carbons (Fsp3) is 0.160. The summed E-state index contributed by atoms with van der Waals surface area (Å²) in [6, 6.07) is 21.6. The predicted octanol–water partition coefficient (Wildman–Crippen LogP) is 6.24. The number of halogens is 1. The number of para-hydroxylation sites is 1. The number of hydrogen-bond donors (Lipinski definition) is 1. The molecule has 0 spiro atoms. The number of nitrogens with zero attached hydrogens (tertiary/aromatic N) is 3. The Bertz CT molecular complexity index is 1250. The van der Waals surface area contributed by atoms with Crippen molar-refractivity contribution in [2.75, 3.05) is 11.1 Å². The summed E-state index contributed by atoms with van der Waals surface area (Å²) < 4.78 is 1.98. The first-order chi connectivity index (χ1) is 15.4. The van der Waals surface area contributed by atoms with Crippen LogP contribution in [0.5, 0.6) is 0 Å². The van der Waals surface area contributed by atoms with Gasteiger partial charge < -0.3 is 5.32 Å². The third-order valence-corrected chi connectivity index (χ3v) is 6.25. The quantitative estimate of drug-likeness (QED) is 0.344. The molecule has 1 N–H and O–H groups in total. The maximum Gasteiger partial charge on any atom is 0.234 e. The van der Waals surface area contributed by atoms with Crippen molar-refractivity contribution < 1.29 is 4.79 Å². The number of rotatable bonds is 6. The largest absolute Gasteiger partial charge is 0.325 e. The van der Waals surface area contributed by atoms with Crippen LogP contribution >= 0.6 is 23.4 Å². The fourth-order valence-corrected chi connectivity index (χ4v) is 4.34. The van der Waals surface area contributed by atoms with Gasteiger partial charge in [0, 0.05) is 22.0 Å². The summed E-state index contributed by atoms with van der Waals surface area (Å²) in [4.78, 5) is 12.7. The molecule has 0 radical (unpaired) electrons. The molecular weight excluding hydrogens is 440 g/mol. The number of amides is 1. The molecule has 5 nitrogen and oxygen atoms in total. The van der Waals surface area contributed by atoms with Gasteiger partial charge in [-0.2, -0.15) is 0 Å². The number of aryl methyl sites for hydroxylation is 3. The number of anilines is 1. The van der Waals surface area contributed by atoms with E-state index in [2.05, 4.69) is 21.6 Å². The van der Waals surface area contributed by atoms with Crippen molar-refractivity contribution in [1.29, 1.82) is 0 Å². The van der Waals surface area contributed by atoms with Crippen LogP contribution in [-0.4, -0.2) is 26.4 Å². The molecule has 0 bridgehead atoms. The van der Waals surface area contributed by atoms with E-state index in [4.69, 9.17) is 11.6 Å². The molecule has 1 amide bonds. The molecule has 0 saturated carbocycles. The van der Waals surface area contributed by atoms with Gasteiger partial charge in [-0.05, 0) is 73.9 Å². The van der Waals surface area contributed by atoms with Gasteiger partial charge >= 0.3 is 0 Å². The summed E-state index contributed by atoms with van der Waals surface area (Å²) in [5.74, 6) is 0.836. The van der Waals surface area contributed by atoms with E-state index in [9.17, 15) is 4.79 Å². The third kappa shape index (κ3) is 4.87. The van der Waals surface area contributed by atoms with Gasteiger partial charge in [0.2, 0.25) is 5.91 Å². The molecule has 0 aliphatic rings. The lowest BCUT2D eigenvalue weighted by atomic mass is 10.1. The first-order valence-corrected chi connectivity index (χ1v) is 11.6. The molecule has 3 aromatic carbocycles. The second-order valence-electron chi connectivity index (χ2n) is 7.59. The van der Waals surface area contributed by atoms with Crippen LogP contribution in [0, 0.1) is 20.8 Å². The van der Waals surface area contributed by atoms with Crippen molar-refractivity contribution in [2.24, 2.45) is 0 Å². The van der Waals surface area contributed by atoms with Gasteiger partial charge in [-0.25, -0.2) is 0 Å². The highest BCUT2D eigenvalue weighted by Crippen LogP contribution is 2.29. The second-order valence-corrected chi connectivity index (χ2v) is 8.97. The Morgan fingerprint density at radius 1 is 0.969 bits per heavy atom. The topological polar surface area (TPSA) is 59.8 Å². The maximum atomic E-state index is 12.7. The van der Waals surface area contributed by atoms with Crippen LogP contribution in [0.4, 0.5) is 5.69 Å². The molecular formula is C25H23ClN4OS. The fourth-order valence-electron chi connectivity index (χ4n) is 3.47. The molecule has 1 aromatic heterocycles. The molecule has 4 aromatic rings. The van der Waals surface area contributed by atoms with Crippen LogP contribution in [0.2, 0.25) is 5.02 Å². The number of thioether (sulfide) groups is 1. The maximum absolute atomic E-state index is 12.7. The molecule has 162 valence electrons. The van der Waals surface area contributed by atoms with Gasteiger partial charge in [0.25, 0.3) is 0 Å². The van der Waals surface area contributed by atoms with Crippen molar-refractivity contribution in [1.82, 2.24) is 14.8 Å². The average Bonchev–Trinajstić information content (AvgIpc) is 3.19. The zero-order valence-electron chi connectivity index (χ0n) is 18.1. The Labute approximate surface area is 196 Å². The number of aromatic nitrogens is 3. The molecule has 0 atom stereocenters. The van der Waals surface area contributed by atoms with Gasteiger partial charge in [-0.1, -0.05) is 53.7 Å². The molecule has 0 aliphatic heterocycles. The van der Waals surface area contributed by atoms with E-state index in [0.717, 1.165) is 33.6 Å². The average molecular weight is 463 g/mol. The number of carbonyl (C=O) groups is 1. The van der Waals surface area contributed by atoms with Crippen LogP contribution in [0.3, 0.4) is 0 Å². The van der Waals surface area contributed by atoms with Gasteiger partial charge in [0.05, 0.1) is 5.75 Å². The first kappa shape index (κ1) is 22.1. The first-order valence-electron chi connectivity index (χ1n) is 10.2. The van der Waals surface area contributed by atoms with Crippen molar-refractivity contribution >= 4 is 35.0 Å². The summed E-state index contributed by atoms with van der Waals surface area (Å²) in [6.45, 7) is 6.02. The minimum atomic E-state index is -0.0840. The third-order valence-electron chi connectivity index (χ3n) is 5.07. The monoisotopic (exact) mass is 462 g/mol. The predicted molar refractivity (Wildman–Crippen MR) is 132 cm³/mol. The zero-order chi connectivity index (χ0) is 22.7.